The molecule has 0 radical (unpaired) electrons. The van der Waals surface area contributed by atoms with Crippen LogP contribution in [0.2, 0.25) is 0 Å². The zero-order valence-corrected chi connectivity index (χ0v) is 10.1. The molecule has 1 heterocycles. The molecule has 0 unspecified atom stereocenters. The third-order valence-corrected chi connectivity index (χ3v) is 3.08. The number of aliphatic hydroxyl groups is 1. The number of imidazole rings is 1. The summed E-state index contributed by atoms with van der Waals surface area (Å²) in [5.41, 5.74) is 0.904. The molecule has 0 aliphatic rings. The van der Waals surface area contributed by atoms with Gasteiger partial charge >= 0.3 is 0 Å². The van der Waals surface area contributed by atoms with Gasteiger partial charge in [-0.05, 0) is 17.8 Å². The molecular weight excluding hydrogens is 188 g/mol. The van der Waals surface area contributed by atoms with Crippen LogP contribution in [-0.4, -0.2) is 14.7 Å². The van der Waals surface area contributed by atoms with E-state index < -0.39 is 0 Å². The van der Waals surface area contributed by atoms with Crippen molar-refractivity contribution in [2.24, 2.45) is 17.8 Å². The molecule has 0 aliphatic heterocycles. The average molecular weight is 210 g/mol. The van der Waals surface area contributed by atoms with Gasteiger partial charge in [0.2, 0.25) is 0 Å². The highest BCUT2D eigenvalue weighted by molar-refractivity contribution is 4.96. The van der Waals surface area contributed by atoms with E-state index in [4.69, 9.17) is 5.11 Å². The fraction of sp³-hybridized carbons (Fsp3) is 0.750. The number of hydrogen-bond acceptors (Lipinski definition) is 2. The van der Waals surface area contributed by atoms with Crippen molar-refractivity contribution in [2.45, 2.75) is 40.8 Å². The minimum absolute atomic E-state index is 0.0723. The summed E-state index contributed by atoms with van der Waals surface area (Å²) < 4.78 is 2.06. The molecule has 0 aromatic carbocycles. The van der Waals surface area contributed by atoms with Gasteiger partial charge in [0.05, 0.1) is 24.8 Å². The molecule has 3 nitrogen and oxygen atoms in total. The first-order valence-corrected chi connectivity index (χ1v) is 5.66. The summed E-state index contributed by atoms with van der Waals surface area (Å²) in [5, 5.41) is 9.14. The molecule has 0 bridgehead atoms. The van der Waals surface area contributed by atoms with Crippen LogP contribution >= 0.6 is 0 Å². The SMILES string of the molecule is CC(C)C(Cn1cncc1CO)C(C)C. The van der Waals surface area contributed by atoms with Crippen molar-refractivity contribution < 1.29 is 5.11 Å². The first kappa shape index (κ1) is 12.2. The normalized spacial score (nSPS) is 12.0. The minimum Gasteiger partial charge on any atom is -0.390 e. The Morgan fingerprint density at radius 1 is 1.27 bits per heavy atom. The predicted molar refractivity (Wildman–Crippen MR) is 61.3 cm³/mol. The van der Waals surface area contributed by atoms with Crippen LogP contribution < -0.4 is 0 Å². The Hall–Kier alpha value is -0.830. The van der Waals surface area contributed by atoms with E-state index in [1.165, 1.54) is 0 Å². The quantitative estimate of drug-likeness (QED) is 0.809. The molecular formula is C12H22N2O. The van der Waals surface area contributed by atoms with Crippen LogP contribution in [-0.2, 0) is 13.2 Å². The van der Waals surface area contributed by atoms with Crippen LogP contribution in [0.5, 0.6) is 0 Å². The van der Waals surface area contributed by atoms with Gasteiger partial charge in [-0.2, -0.15) is 0 Å². The molecule has 86 valence electrons. The lowest BCUT2D eigenvalue weighted by Gasteiger charge is -2.25. The monoisotopic (exact) mass is 210 g/mol. The van der Waals surface area contributed by atoms with Crippen LogP contribution in [0.1, 0.15) is 33.4 Å². The van der Waals surface area contributed by atoms with E-state index in [0.717, 1.165) is 12.2 Å². The predicted octanol–water partition coefficient (Wildman–Crippen LogP) is 2.30. The third-order valence-electron chi connectivity index (χ3n) is 3.08. The Kier molecular flexibility index (Phi) is 4.33. The van der Waals surface area contributed by atoms with Crippen molar-refractivity contribution in [3.05, 3.63) is 18.2 Å². The Morgan fingerprint density at radius 3 is 2.33 bits per heavy atom. The molecule has 0 saturated heterocycles. The molecule has 0 fully saturated rings. The lowest BCUT2D eigenvalue weighted by Crippen LogP contribution is -2.22. The van der Waals surface area contributed by atoms with E-state index in [1.54, 1.807) is 6.20 Å². The fourth-order valence-corrected chi connectivity index (χ4v) is 2.06. The third kappa shape index (κ3) is 3.06. The van der Waals surface area contributed by atoms with Crippen molar-refractivity contribution in [2.75, 3.05) is 0 Å². The summed E-state index contributed by atoms with van der Waals surface area (Å²) in [6.07, 6.45) is 3.54. The number of rotatable bonds is 5. The summed E-state index contributed by atoms with van der Waals surface area (Å²) in [5.74, 6) is 1.93. The molecule has 1 N–H and O–H groups in total. The lowest BCUT2D eigenvalue weighted by atomic mass is 9.85. The topological polar surface area (TPSA) is 38.0 Å². The zero-order valence-electron chi connectivity index (χ0n) is 10.1. The summed E-state index contributed by atoms with van der Waals surface area (Å²) in [6, 6.07) is 0. The van der Waals surface area contributed by atoms with Crippen LogP contribution in [0.25, 0.3) is 0 Å². The molecule has 1 rings (SSSR count). The molecule has 1 aromatic rings. The number of aliphatic hydroxyl groups excluding tert-OH is 1. The summed E-state index contributed by atoms with van der Waals surface area (Å²) in [7, 11) is 0. The van der Waals surface area contributed by atoms with E-state index in [2.05, 4.69) is 37.2 Å². The highest BCUT2D eigenvalue weighted by Crippen LogP contribution is 2.23. The molecule has 0 atom stereocenters. The molecule has 0 amide bonds. The number of nitrogens with zero attached hydrogens (tertiary/aromatic N) is 2. The van der Waals surface area contributed by atoms with E-state index in [9.17, 15) is 0 Å². The number of aromatic nitrogens is 2. The smallest absolute Gasteiger partial charge is 0.0948 e. The van der Waals surface area contributed by atoms with Gasteiger partial charge in [-0.3, -0.25) is 0 Å². The summed E-state index contributed by atoms with van der Waals surface area (Å²) in [6.45, 7) is 10.0. The van der Waals surface area contributed by atoms with Gasteiger partial charge in [0, 0.05) is 6.54 Å². The Bertz CT molecular complexity index is 284. The summed E-state index contributed by atoms with van der Waals surface area (Å²) in [4.78, 5) is 4.07. The average Bonchev–Trinajstić information content (AvgIpc) is 2.59. The van der Waals surface area contributed by atoms with Crippen LogP contribution in [0.15, 0.2) is 12.5 Å². The van der Waals surface area contributed by atoms with Crippen molar-refractivity contribution in [3.8, 4) is 0 Å². The van der Waals surface area contributed by atoms with Crippen LogP contribution in [0, 0.1) is 17.8 Å². The molecule has 0 saturated carbocycles. The van der Waals surface area contributed by atoms with Gasteiger partial charge in [-0.1, -0.05) is 27.7 Å². The van der Waals surface area contributed by atoms with Crippen molar-refractivity contribution in [3.63, 3.8) is 0 Å². The summed E-state index contributed by atoms with van der Waals surface area (Å²) >= 11 is 0. The van der Waals surface area contributed by atoms with E-state index >= 15 is 0 Å². The molecule has 0 aliphatic carbocycles. The van der Waals surface area contributed by atoms with Gasteiger partial charge in [0.1, 0.15) is 0 Å². The molecule has 1 aromatic heterocycles. The maximum absolute atomic E-state index is 9.14. The maximum Gasteiger partial charge on any atom is 0.0948 e. The molecule has 0 spiro atoms. The minimum atomic E-state index is 0.0723. The Labute approximate surface area is 92.1 Å². The zero-order chi connectivity index (χ0) is 11.4. The van der Waals surface area contributed by atoms with Crippen LogP contribution in [0.3, 0.4) is 0 Å². The standard InChI is InChI=1S/C12H22N2O/c1-9(2)12(10(3)4)6-14-8-13-5-11(14)7-15/h5,8-10,12,15H,6-7H2,1-4H3. The highest BCUT2D eigenvalue weighted by Gasteiger charge is 2.18. The second-order valence-corrected chi connectivity index (χ2v) is 4.85. The Morgan fingerprint density at radius 2 is 1.87 bits per heavy atom. The van der Waals surface area contributed by atoms with Gasteiger partial charge in [0.15, 0.2) is 0 Å². The lowest BCUT2D eigenvalue weighted by molar-refractivity contribution is 0.232. The first-order valence-electron chi connectivity index (χ1n) is 5.66. The molecule has 15 heavy (non-hydrogen) atoms. The van der Waals surface area contributed by atoms with Gasteiger partial charge in [0.25, 0.3) is 0 Å². The van der Waals surface area contributed by atoms with Crippen molar-refractivity contribution in [1.82, 2.24) is 9.55 Å². The van der Waals surface area contributed by atoms with Gasteiger partial charge in [-0.25, -0.2) is 4.98 Å². The van der Waals surface area contributed by atoms with E-state index in [-0.39, 0.29) is 6.61 Å². The van der Waals surface area contributed by atoms with E-state index in [0.29, 0.717) is 17.8 Å². The van der Waals surface area contributed by atoms with Crippen molar-refractivity contribution in [1.29, 1.82) is 0 Å². The maximum atomic E-state index is 9.14. The largest absolute Gasteiger partial charge is 0.390 e. The van der Waals surface area contributed by atoms with Crippen molar-refractivity contribution >= 4 is 0 Å². The second-order valence-electron chi connectivity index (χ2n) is 4.85. The Balaban J connectivity index is 2.74. The number of hydrogen-bond donors (Lipinski definition) is 1. The highest BCUT2D eigenvalue weighted by atomic mass is 16.3. The fourth-order valence-electron chi connectivity index (χ4n) is 2.06. The second kappa shape index (κ2) is 5.31. The first-order chi connectivity index (χ1) is 7.06. The van der Waals surface area contributed by atoms with Crippen LogP contribution in [0.4, 0.5) is 0 Å². The molecule has 3 heteroatoms. The van der Waals surface area contributed by atoms with Gasteiger partial charge in [-0.15, -0.1) is 0 Å². The van der Waals surface area contributed by atoms with Gasteiger partial charge < -0.3 is 9.67 Å². The van der Waals surface area contributed by atoms with E-state index in [1.807, 2.05) is 6.33 Å².